The minimum Gasteiger partial charge on any atom is -0.399 e. The predicted molar refractivity (Wildman–Crippen MR) is 70.1 cm³/mol. The van der Waals surface area contributed by atoms with Gasteiger partial charge in [0.2, 0.25) is 0 Å². The van der Waals surface area contributed by atoms with Crippen molar-refractivity contribution in [2.75, 3.05) is 12.3 Å². The number of nitrogens with two attached hydrogens (primary N) is 1. The van der Waals surface area contributed by atoms with Gasteiger partial charge in [0, 0.05) is 37.6 Å². The van der Waals surface area contributed by atoms with Crippen molar-refractivity contribution in [3.63, 3.8) is 0 Å². The summed E-state index contributed by atoms with van der Waals surface area (Å²) in [6, 6.07) is 5.88. The maximum atomic E-state index is 13.5. The summed E-state index contributed by atoms with van der Waals surface area (Å²) >= 11 is 0. The third-order valence-corrected chi connectivity index (χ3v) is 2.83. The molecule has 0 aliphatic carbocycles. The molecule has 0 unspecified atom stereocenters. The van der Waals surface area contributed by atoms with E-state index in [-0.39, 0.29) is 5.56 Å². The van der Waals surface area contributed by atoms with E-state index < -0.39 is 11.7 Å². The van der Waals surface area contributed by atoms with Crippen LogP contribution in [-0.2, 0) is 13.5 Å². The lowest BCUT2D eigenvalue weighted by molar-refractivity contribution is 0.0950. The highest BCUT2D eigenvalue weighted by atomic mass is 19.1. The van der Waals surface area contributed by atoms with Gasteiger partial charge in [-0.15, -0.1) is 0 Å². The molecule has 0 aliphatic heterocycles. The fourth-order valence-corrected chi connectivity index (χ4v) is 1.76. The van der Waals surface area contributed by atoms with Gasteiger partial charge in [-0.1, -0.05) is 0 Å². The van der Waals surface area contributed by atoms with Crippen molar-refractivity contribution in [3.8, 4) is 0 Å². The lowest BCUT2D eigenvalue weighted by Gasteiger charge is -2.07. The van der Waals surface area contributed by atoms with Crippen molar-refractivity contribution < 1.29 is 9.18 Å². The van der Waals surface area contributed by atoms with Crippen LogP contribution in [0.4, 0.5) is 10.1 Å². The monoisotopic (exact) mass is 262 g/mol. The van der Waals surface area contributed by atoms with Crippen LogP contribution in [-0.4, -0.2) is 22.2 Å². The topological polar surface area (TPSA) is 72.9 Å². The Labute approximate surface area is 110 Å². The first-order valence-electron chi connectivity index (χ1n) is 5.88. The standard InChI is InChI=1S/C13H15FN4O/c1-18-10(5-7-17-18)4-6-16-13(19)11-3-2-9(15)8-12(11)14/h2-3,5,7-8H,4,6,15H2,1H3,(H,16,19). The zero-order chi connectivity index (χ0) is 13.8. The minimum atomic E-state index is -0.613. The maximum absolute atomic E-state index is 13.5. The van der Waals surface area contributed by atoms with E-state index in [0.29, 0.717) is 18.7 Å². The number of nitrogens with one attached hydrogen (secondary N) is 1. The molecule has 0 spiro atoms. The normalized spacial score (nSPS) is 10.4. The summed E-state index contributed by atoms with van der Waals surface area (Å²) in [4.78, 5) is 11.8. The first kappa shape index (κ1) is 13.1. The summed E-state index contributed by atoms with van der Waals surface area (Å²) in [7, 11) is 1.83. The van der Waals surface area contributed by atoms with E-state index in [4.69, 9.17) is 5.73 Å². The van der Waals surface area contributed by atoms with Crippen LogP contribution in [0.15, 0.2) is 30.5 Å². The molecule has 1 amide bonds. The van der Waals surface area contributed by atoms with Gasteiger partial charge in [-0.05, 0) is 24.3 Å². The van der Waals surface area contributed by atoms with Crippen molar-refractivity contribution in [3.05, 3.63) is 47.5 Å². The number of aromatic nitrogens is 2. The van der Waals surface area contributed by atoms with Crippen LogP contribution in [0.25, 0.3) is 0 Å². The van der Waals surface area contributed by atoms with Gasteiger partial charge in [0.15, 0.2) is 0 Å². The number of carbonyl (C=O) groups is 1. The molecule has 0 radical (unpaired) electrons. The number of nitrogen functional groups attached to an aromatic ring is 1. The zero-order valence-corrected chi connectivity index (χ0v) is 10.6. The van der Waals surface area contributed by atoms with Gasteiger partial charge >= 0.3 is 0 Å². The van der Waals surface area contributed by atoms with Crippen LogP contribution in [0.2, 0.25) is 0 Å². The summed E-state index contributed by atoms with van der Waals surface area (Å²) in [6.07, 6.45) is 2.33. The molecular weight excluding hydrogens is 247 g/mol. The first-order chi connectivity index (χ1) is 9.08. The number of halogens is 1. The predicted octanol–water partition coefficient (Wildman–Crippen LogP) is 1.11. The Balaban J connectivity index is 1.93. The lowest BCUT2D eigenvalue weighted by Crippen LogP contribution is -2.27. The number of rotatable bonds is 4. The van der Waals surface area contributed by atoms with Crippen LogP contribution in [0.1, 0.15) is 16.1 Å². The van der Waals surface area contributed by atoms with Gasteiger partial charge in [0.05, 0.1) is 5.56 Å². The molecule has 2 rings (SSSR count). The van der Waals surface area contributed by atoms with Gasteiger partial charge in [-0.3, -0.25) is 9.48 Å². The highest BCUT2D eigenvalue weighted by molar-refractivity contribution is 5.94. The highest BCUT2D eigenvalue weighted by Gasteiger charge is 2.11. The molecule has 0 saturated carbocycles. The van der Waals surface area contributed by atoms with Crippen LogP contribution in [0.3, 0.4) is 0 Å². The molecule has 0 fully saturated rings. The Morgan fingerprint density at radius 2 is 2.26 bits per heavy atom. The van der Waals surface area contributed by atoms with Crippen molar-refractivity contribution in [1.29, 1.82) is 0 Å². The second-order valence-electron chi connectivity index (χ2n) is 4.19. The second-order valence-corrected chi connectivity index (χ2v) is 4.19. The molecule has 1 aromatic heterocycles. The third kappa shape index (κ3) is 3.09. The lowest BCUT2D eigenvalue weighted by atomic mass is 10.2. The third-order valence-electron chi connectivity index (χ3n) is 2.83. The van der Waals surface area contributed by atoms with Crippen LogP contribution >= 0.6 is 0 Å². The smallest absolute Gasteiger partial charge is 0.254 e. The SMILES string of the molecule is Cn1nccc1CCNC(=O)c1ccc(N)cc1F. The molecule has 100 valence electrons. The van der Waals surface area contributed by atoms with Crippen molar-refractivity contribution >= 4 is 11.6 Å². The summed E-state index contributed by atoms with van der Waals surface area (Å²) in [5.74, 6) is -1.06. The van der Waals surface area contributed by atoms with E-state index in [1.165, 1.54) is 12.1 Å². The van der Waals surface area contributed by atoms with Crippen molar-refractivity contribution in [2.24, 2.45) is 7.05 Å². The summed E-state index contributed by atoms with van der Waals surface area (Å²) in [5.41, 5.74) is 6.72. The number of hydrogen-bond acceptors (Lipinski definition) is 3. The summed E-state index contributed by atoms with van der Waals surface area (Å²) in [6.45, 7) is 0.419. The molecule has 6 heteroatoms. The van der Waals surface area contributed by atoms with Crippen LogP contribution < -0.4 is 11.1 Å². The average molecular weight is 262 g/mol. The number of hydrogen-bond donors (Lipinski definition) is 2. The Hall–Kier alpha value is -2.37. The van der Waals surface area contributed by atoms with E-state index in [9.17, 15) is 9.18 Å². The first-order valence-corrected chi connectivity index (χ1v) is 5.88. The van der Waals surface area contributed by atoms with Gasteiger partial charge < -0.3 is 11.1 Å². The number of amides is 1. The number of nitrogens with zero attached hydrogens (tertiary/aromatic N) is 2. The van der Waals surface area contributed by atoms with E-state index in [2.05, 4.69) is 10.4 Å². The zero-order valence-electron chi connectivity index (χ0n) is 10.6. The second kappa shape index (κ2) is 5.51. The molecule has 0 aliphatic rings. The Kier molecular flexibility index (Phi) is 3.79. The number of anilines is 1. The molecule has 19 heavy (non-hydrogen) atoms. The quantitative estimate of drug-likeness (QED) is 0.811. The molecule has 1 heterocycles. The van der Waals surface area contributed by atoms with E-state index >= 15 is 0 Å². The summed E-state index contributed by atoms with van der Waals surface area (Å²) < 4.78 is 15.2. The van der Waals surface area contributed by atoms with E-state index in [1.54, 1.807) is 10.9 Å². The average Bonchev–Trinajstić information content (AvgIpc) is 2.75. The Bertz CT molecular complexity index is 594. The molecule has 2 aromatic rings. The largest absolute Gasteiger partial charge is 0.399 e. The fraction of sp³-hybridized carbons (Fsp3) is 0.231. The van der Waals surface area contributed by atoms with Gasteiger partial charge in [-0.2, -0.15) is 5.10 Å². The van der Waals surface area contributed by atoms with Gasteiger partial charge in [0.25, 0.3) is 5.91 Å². The van der Waals surface area contributed by atoms with E-state index in [1.807, 2.05) is 13.1 Å². The highest BCUT2D eigenvalue weighted by Crippen LogP contribution is 2.11. The molecule has 5 nitrogen and oxygen atoms in total. The number of carbonyl (C=O) groups excluding carboxylic acids is 1. The molecule has 3 N–H and O–H groups in total. The number of aryl methyl sites for hydroxylation is 1. The molecule has 0 atom stereocenters. The molecule has 0 bridgehead atoms. The van der Waals surface area contributed by atoms with E-state index in [0.717, 1.165) is 11.8 Å². The van der Waals surface area contributed by atoms with Crippen LogP contribution in [0, 0.1) is 5.82 Å². The Morgan fingerprint density at radius 3 is 2.89 bits per heavy atom. The summed E-state index contributed by atoms with van der Waals surface area (Å²) in [5, 5.41) is 6.69. The molecule has 1 aromatic carbocycles. The number of benzene rings is 1. The Morgan fingerprint density at radius 1 is 1.47 bits per heavy atom. The maximum Gasteiger partial charge on any atom is 0.254 e. The van der Waals surface area contributed by atoms with Crippen LogP contribution in [0.5, 0.6) is 0 Å². The van der Waals surface area contributed by atoms with Gasteiger partial charge in [0.1, 0.15) is 5.82 Å². The van der Waals surface area contributed by atoms with Crippen molar-refractivity contribution in [1.82, 2.24) is 15.1 Å². The molecular formula is C13H15FN4O. The van der Waals surface area contributed by atoms with Crippen molar-refractivity contribution in [2.45, 2.75) is 6.42 Å². The fourth-order valence-electron chi connectivity index (χ4n) is 1.76. The minimum absolute atomic E-state index is 0.000735. The van der Waals surface area contributed by atoms with Gasteiger partial charge in [-0.25, -0.2) is 4.39 Å². The molecule has 0 saturated heterocycles.